The summed E-state index contributed by atoms with van der Waals surface area (Å²) in [4.78, 5) is 8.40. The molecule has 0 aromatic carbocycles. The maximum atomic E-state index is 9.35. The van der Waals surface area contributed by atoms with Crippen LogP contribution in [0, 0.1) is 0 Å². The lowest BCUT2D eigenvalue weighted by molar-refractivity contribution is 0.473. The first kappa shape index (κ1) is 9.33. The zero-order chi connectivity index (χ0) is 11.1. The summed E-state index contributed by atoms with van der Waals surface area (Å²) >= 11 is 0. The molecule has 0 atom stereocenters. The van der Waals surface area contributed by atoms with Crippen LogP contribution in [-0.2, 0) is 7.05 Å². The molecule has 1 fully saturated rings. The number of aryl methyl sites for hydroxylation is 1. The first-order chi connectivity index (χ1) is 7.74. The smallest absolute Gasteiger partial charge is 0.183 e. The molecule has 2 aromatic rings. The van der Waals surface area contributed by atoms with E-state index in [4.69, 9.17) is 0 Å². The molecule has 1 N–H and O–H groups in total. The molecule has 0 aliphatic heterocycles. The lowest BCUT2D eigenvalue weighted by atomic mass is 10.2. The summed E-state index contributed by atoms with van der Waals surface area (Å²) < 4.78 is 1.82. The first-order valence-corrected chi connectivity index (χ1v) is 5.29. The number of rotatable bonds is 2. The zero-order valence-corrected chi connectivity index (χ0v) is 8.96. The molecule has 0 bridgehead atoms. The minimum atomic E-state index is 0.137. The number of aromatic hydroxyl groups is 1. The fraction of sp³-hybridized carbons (Fsp3) is 0.364. The highest BCUT2D eigenvalue weighted by molar-refractivity contribution is 5.55. The number of nitrogens with zero attached hydrogens (tertiary/aromatic N) is 4. The van der Waals surface area contributed by atoms with E-state index in [1.165, 1.54) is 19.0 Å². The maximum Gasteiger partial charge on any atom is 0.183 e. The van der Waals surface area contributed by atoms with E-state index in [0.717, 1.165) is 11.4 Å². The standard InChI is InChI=1S/C11H12N4O/c1-15-11(7-2-3-7)13-10(14-15)8-4-9(16)6-12-5-8/h4-7,16H,2-3H2,1H3. The van der Waals surface area contributed by atoms with Crippen LogP contribution in [0.4, 0.5) is 0 Å². The number of aromatic nitrogens is 4. The van der Waals surface area contributed by atoms with Gasteiger partial charge in [-0.15, -0.1) is 0 Å². The Morgan fingerprint density at radius 3 is 2.88 bits per heavy atom. The highest BCUT2D eigenvalue weighted by Crippen LogP contribution is 2.39. The van der Waals surface area contributed by atoms with Gasteiger partial charge in [0.15, 0.2) is 5.82 Å². The molecular formula is C11H12N4O. The van der Waals surface area contributed by atoms with Crippen molar-refractivity contribution in [1.29, 1.82) is 0 Å². The van der Waals surface area contributed by atoms with Gasteiger partial charge in [-0.3, -0.25) is 9.67 Å². The van der Waals surface area contributed by atoms with E-state index in [1.54, 1.807) is 12.3 Å². The van der Waals surface area contributed by atoms with Crippen molar-refractivity contribution in [3.05, 3.63) is 24.3 Å². The quantitative estimate of drug-likeness (QED) is 0.825. The van der Waals surface area contributed by atoms with Gasteiger partial charge < -0.3 is 5.11 Å². The third kappa shape index (κ3) is 1.54. The summed E-state index contributed by atoms with van der Waals surface area (Å²) in [6.45, 7) is 0. The first-order valence-electron chi connectivity index (χ1n) is 5.29. The molecule has 0 amide bonds. The summed E-state index contributed by atoms with van der Waals surface area (Å²) in [6.07, 6.45) is 5.45. The highest BCUT2D eigenvalue weighted by Gasteiger charge is 2.29. The van der Waals surface area contributed by atoms with Crippen molar-refractivity contribution in [1.82, 2.24) is 19.7 Å². The van der Waals surface area contributed by atoms with Crippen LogP contribution in [0.15, 0.2) is 18.5 Å². The van der Waals surface area contributed by atoms with E-state index in [0.29, 0.717) is 11.7 Å². The van der Waals surface area contributed by atoms with E-state index in [2.05, 4.69) is 15.1 Å². The van der Waals surface area contributed by atoms with Crippen molar-refractivity contribution in [3.8, 4) is 17.1 Å². The Hall–Kier alpha value is -1.91. The Labute approximate surface area is 92.8 Å². The lowest BCUT2D eigenvalue weighted by Gasteiger charge is -1.94. The second-order valence-electron chi connectivity index (χ2n) is 4.12. The molecular weight excluding hydrogens is 204 g/mol. The molecule has 1 aliphatic carbocycles. The molecule has 2 heterocycles. The molecule has 1 saturated carbocycles. The molecule has 0 saturated heterocycles. The minimum Gasteiger partial charge on any atom is -0.506 e. The highest BCUT2D eigenvalue weighted by atomic mass is 16.3. The molecule has 2 aromatic heterocycles. The molecule has 3 rings (SSSR count). The van der Waals surface area contributed by atoms with Gasteiger partial charge in [0.1, 0.15) is 11.6 Å². The van der Waals surface area contributed by atoms with Crippen molar-refractivity contribution in [2.45, 2.75) is 18.8 Å². The SMILES string of the molecule is Cn1nc(-c2cncc(O)c2)nc1C1CC1. The molecule has 16 heavy (non-hydrogen) atoms. The van der Waals surface area contributed by atoms with Crippen LogP contribution in [-0.4, -0.2) is 24.9 Å². The Morgan fingerprint density at radius 1 is 1.38 bits per heavy atom. The van der Waals surface area contributed by atoms with Crippen LogP contribution >= 0.6 is 0 Å². The van der Waals surface area contributed by atoms with Crippen LogP contribution < -0.4 is 0 Å². The number of hydrogen-bond donors (Lipinski definition) is 1. The fourth-order valence-corrected chi connectivity index (χ4v) is 1.77. The van der Waals surface area contributed by atoms with Gasteiger partial charge in [0.25, 0.3) is 0 Å². The van der Waals surface area contributed by atoms with Gasteiger partial charge in [-0.25, -0.2) is 4.98 Å². The molecule has 5 heteroatoms. The average molecular weight is 216 g/mol. The van der Waals surface area contributed by atoms with Gasteiger partial charge >= 0.3 is 0 Å². The Bertz CT molecular complexity index is 531. The largest absolute Gasteiger partial charge is 0.506 e. The molecule has 82 valence electrons. The Morgan fingerprint density at radius 2 is 2.19 bits per heavy atom. The van der Waals surface area contributed by atoms with E-state index in [9.17, 15) is 5.11 Å². The predicted molar refractivity (Wildman–Crippen MR) is 57.9 cm³/mol. The van der Waals surface area contributed by atoms with Gasteiger partial charge in [0.2, 0.25) is 0 Å². The van der Waals surface area contributed by atoms with Crippen molar-refractivity contribution in [2.75, 3.05) is 0 Å². The van der Waals surface area contributed by atoms with Crippen LogP contribution in [0.1, 0.15) is 24.6 Å². The summed E-state index contributed by atoms with van der Waals surface area (Å²) in [5.41, 5.74) is 0.752. The van der Waals surface area contributed by atoms with E-state index in [1.807, 2.05) is 11.7 Å². The summed E-state index contributed by atoms with van der Waals surface area (Å²) in [5, 5.41) is 13.7. The van der Waals surface area contributed by atoms with Crippen molar-refractivity contribution >= 4 is 0 Å². The topological polar surface area (TPSA) is 63.8 Å². The zero-order valence-electron chi connectivity index (χ0n) is 8.96. The van der Waals surface area contributed by atoms with Gasteiger partial charge in [0.05, 0.1) is 6.20 Å². The van der Waals surface area contributed by atoms with Crippen molar-refractivity contribution in [2.24, 2.45) is 7.05 Å². The molecule has 0 unspecified atom stereocenters. The van der Waals surface area contributed by atoms with Crippen molar-refractivity contribution < 1.29 is 5.11 Å². The minimum absolute atomic E-state index is 0.137. The Kier molecular flexibility index (Phi) is 1.92. The van der Waals surface area contributed by atoms with Gasteiger partial charge in [-0.2, -0.15) is 5.10 Å². The van der Waals surface area contributed by atoms with E-state index < -0.39 is 0 Å². The third-order valence-corrected chi connectivity index (χ3v) is 2.72. The van der Waals surface area contributed by atoms with Crippen LogP contribution in [0.3, 0.4) is 0 Å². The van der Waals surface area contributed by atoms with Gasteiger partial charge in [0, 0.05) is 24.7 Å². The second kappa shape index (κ2) is 3.30. The van der Waals surface area contributed by atoms with E-state index in [-0.39, 0.29) is 5.75 Å². The maximum absolute atomic E-state index is 9.35. The summed E-state index contributed by atoms with van der Waals surface area (Å²) in [5.74, 6) is 2.36. The van der Waals surface area contributed by atoms with Crippen LogP contribution in [0.2, 0.25) is 0 Å². The second-order valence-corrected chi connectivity index (χ2v) is 4.12. The lowest BCUT2D eigenvalue weighted by Crippen LogP contribution is -1.96. The normalized spacial score (nSPS) is 15.3. The van der Waals surface area contributed by atoms with Gasteiger partial charge in [-0.1, -0.05) is 0 Å². The molecule has 0 spiro atoms. The monoisotopic (exact) mass is 216 g/mol. The number of hydrogen-bond acceptors (Lipinski definition) is 4. The molecule has 1 aliphatic rings. The van der Waals surface area contributed by atoms with Crippen molar-refractivity contribution in [3.63, 3.8) is 0 Å². The summed E-state index contributed by atoms with van der Waals surface area (Å²) in [7, 11) is 1.90. The average Bonchev–Trinajstić information content (AvgIpc) is 3.02. The summed E-state index contributed by atoms with van der Waals surface area (Å²) in [6, 6.07) is 1.62. The van der Waals surface area contributed by atoms with Gasteiger partial charge in [-0.05, 0) is 18.9 Å². The number of pyridine rings is 1. The fourth-order valence-electron chi connectivity index (χ4n) is 1.77. The predicted octanol–water partition coefficient (Wildman–Crippen LogP) is 1.46. The molecule has 0 radical (unpaired) electrons. The van der Waals surface area contributed by atoms with E-state index >= 15 is 0 Å². The van der Waals surface area contributed by atoms with Crippen LogP contribution in [0.5, 0.6) is 5.75 Å². The third-order valence-electron chi connectivity index (χ3n) is 2.72. The Balaban J connectivity index is 2.03. The van der Waals surface area contributed by atoms with Crippen LogP contribution in [0.25, 0.3) is 11.4 Å². The molecule has 5 nitrogen and oxygen atoms in total.